The number of furan rings is 1. The quantitative estimate of drug-likeness (QED) is 0.313. The minimum absolute atomic E-state index is 0.423. The highest BCUT2D eigenvalue weighted by Gasteiger charge is 2.19. The lowest BCUT2D eigenvalue weighted by molar-refractivity contribution is 0.669. The van der Waals surface area contributed by atoms with Crippen LogP contribution in [0.3, 0.4) is 0 Å². The van der Waals surface area contributed by atoms with Gasteiger partial charge in [0.05, 0.1) is 5.69 Å². The van der Waals surface area contributed by atoms with Crippen LogP contribution in [0.5, 0.6) is 0 Å². The summed E-state index contributed by atoms with van der Waals surface area (Å²) < 4.78 is 8.37. The van der Waals surface area contributed by atoms with E-state index in [2.05, 4.69) is 80.9 Å². The Morgan fingerprint density at radius 3 is 2.20 bits per heavy atom. The van der Waals surface area contributed by atoms with Crippen molar-refractivity contribution in [1.29, 1.82) is 0 Å². The third-order valence-electron chi connectivity index (χ3n) is 5.86. The summed E-state index contributed by atoms with van der Waals surface area (Å²) in [6.07, 6.45) is 3.96. The van der Waals surface area contributed by atoms with Crippen LogP contribution in [0.4, 0.5) is 0 Å². The van der Waals surface area contributed by atoms with Crippen molar-refractivity contribution in [3.05, 3.63) is 84.2 Å². The minimum atomic E-state index is 0.423. The van der Waals surface area contributed by atoms with E-state index >= 15 is 0 Å². The maximum atomic E-state index is 6.12. The fraction of sp³-hybridized carbons (Fsp3) is 0.222. The van der Waals surface area contributed by atoms with Gasteiger partial charge in [0.25, 0.3) is 0 Å². The minimum Gasteiger partial charge on any atom is -0.456 e. The molecule has 3 aromatic carbocycles. The molecule has 150 valence electrons. The predicted octanol–water partition coefficient (Wildman–Crippen LogP) is 7.69. The van der Waals surface area contributed by atoms with Crippen LogP contribution in [0.1, 0.15) is 50.7 Å². The number of imidazole rings is 1. The van der Waals surface area contributed by atoms with E-state index in [0.29, 0.717) is 11.8 Å². The average molecular weight is 395 g/mol. The van der Waals surface area contributed by atoms with Gasteiger partial charge in [0.15, 0.2) is 0 Å². The molecule has 0 aliphatic rings. The summed E-state index contributed by atoms with van der Waals surface area (Å²) in [7, 11) is 0. The van der Waals surface area contributed by atoms with Gasteiger partial charge < -0.3 is 4.42 Å². The van der Waals surface area contributed by atoms with Crippen LogP contribution in [0.25, 0.3) is 39.0 Å². The van der Waals surface area contributed by atoms with Crippen LogP contribution in [0.2, 0.25) is 0 Å². The fourth-order valence-corrected chi connectivity index (χ4v) is 4.35. The van der Waals surface area contributed by atoms with Crippen LogP contribution < -0.4 is 0 Å². The van der Waals surface area contributed by atoms with Gasteiger partial charge in [0.2, 0.25) is 0 Å². The molecule has 2 aromatic heterocycles. The third kappa shape index (κ3) is 2.93. The fourth-order valence-electron chi connectivity index (χ4n) is 4.35. The molecule has 0 aliphatic carbocycles. The number of benzene rings is 3. The molecule has 0 saturated carbocycles. The van der Waals surface area contributed by atoms with E-state index in [4.69, 9.17) is 9.40 Å². The van der Waals surface area contributed by atoms with Gasteiger partial charge in [-0.15, -0.1) is 0 Å². The second-order valence-electron chi connectivity index (χ2n) is 8.52. The van der Waals surface area contributed by atoms with Crippen molar-refractivity contribution in [3.63, 3.8) is 0 Å². The Bertz CT molecular complexity index is 1330. The van der Waals surface area contributed by atoms with Crippen LogP contribution in [-0.4, -0.2) is 9.55 Å². The first-order chi connectivity index (χ1) is 14.5. The van der Waals surface area contributed by atoms with Gasteiger partial charge in [-0.25, -0.2) is 4.98 Å². The number of nitrogens with zero attached hydrogens (tertiary/aromatic N) is 2. The van der Waals surface area contributed by atoms with E-state index in [9.17, 15) is 0 Å². The molecular weight excluding hydrogens is 368 g/mol. The topological polar surface area (TPSA) is 31.0 Å². The normalized spacial score (nSPS) is 11.9. The first-order valence-corrected chi connectivity index (χ1v) is 10.6. The summed E-state index contributed by atoms with van der Waals surface area (Å²) in [5, 5.41) is 2.28. The molecule has 0 aliphatic heterocycles. The van der Waals surface area contributed by atoms with Gasteiger partial charge in [-0.3, -0.25) is 4.57 Å². The Morgan fingerprint density at radius 1 is 0.767 bits per heavy atom. The summed E-state index contributed by atoms with van der Waals surface area (Å²) in [6, 6.07) is 21.2. The molecule has 0 N–H and O–H groups in total. The van der Waals surface area contributed by atoms with Crippen LogP contribution in [0.15, 0.2) is 77.5 Å². The van der Waals surface area contributed by atoms with Crippen molar-refractivity contribution in [2.75, 3.05) is 0 Å². The van der Waals surface area contributed by atoms with Crippen LogP contribution in [0, 0.1) is 0 Å². The molecule has 3 heteroatoms. The molecular formula is C27H26N2O. The molecule has 0 fully saturated rings. The molecule has 0 saturated heterocycles. The van der Waals surface area contributed by atoms with E-state index in [1.54, 1.807) is 0 Å². The molecule has 0 unspecified atom stereocenters. The van der Waals surface area contributed by atoms with E-state index in [1.807, 2.05) is 24.4 Å². The summed E-state index contributed by atoms with van der Waals surface area (Å²) in [5.41, 5.74) is 6.79. The first-order valence-electron chi connectivity index (χ1n) is 10.6. The van der Waals surface area contributed by atoms with Crippen molar-refractivity contribution in [2.24, 2.45) is 0 Å². The second kappa shape index (κ2) is 7.17. The largest absolute Gasteiger partial charge is 0.456 e. The summed E-state index contributed by atoms with van der Waals surface area (Å²) in [4.78, 5) is 4.75. The highest BCUT2D eigenvalue weighted by atomic mass is 16.3. The molecule has 5 aromatic rings. The number of fused-ring (bicyclic) bond motifs is 3. The van der Waals surface area contributed by atoms with Crippen LogP contribution in [-0.2, 0) is 0 Å². The van der Waals surface area contributed by atoms with Gasteiger partial charge >= 0.3 is 0 Å². The number of aromatic nitrogens is 2. The molecule has 2 heterocycles. The lowest BCUT2D eigenvalue weighted by atomic mass is 9.92. The smallest absolute Gasteiger partial charge is 0.144 e. The van der Waals surface area contributed by atoms with Crippen molar-refractivity contribution in [1.82, 2.24) is 9.55 Å². The highest BCUT2D eigenvalue weighted by molar-refractivity contribution is 6.05. The Morgan fingerprint density at radius 2 is 1.47 bits per heavy atom. The maximum absolute atomic E-state index is 6.12. The van der Waals surface area contributed by atoms with Gasteiger partial charge in [-0.05, 0) is 41.2 Å². The molecule has 0 radical (unpaired) electrons. The molecule has 0 amide bonds. The number of hydrogen-bond donors (Lipinski definition) is 0. The maximum Gasteiger partial charge on any atom is 0.144 e. The summed E-state index contributed by atoms with van der Waals surface area (Å²) >= 11 is 0. The number of rotatable bonds is 4. The highest BCUT2D eigenvalue weighted by Crippen LogP contribution is 2.36. The predicted molar refractivity (Wildman–Crippen MR) is 124 cm³/mol. The third-order valence-corrected chi connectivity index (χ3v) is 5.86. The van der Waals surface area contributed by atoms with Crippen molar-refractivity contribution in [2.45, 2.75) is 39.5 Å². The van der Waals surface area contributed by atoms with E-state index in [1.165, 1.54) is 16.8 Å². The monoisotopic (exact) mass is 394 g/mol. The average Bonchev–Trinajstić information content (AvgIpc) is 3.37. The zero-order chi connectivity index (χ0) is 20.8. The van der Waals surface area contributed by atoms with E-state index < -0.39 is 0 Å². The molecule has 5 rings (SSSR count). The summed E-state index contributed by atoms with van der Waals surface area (Å²) in [6.45, 7) is 9.00. The Balaban J connectivity index is 1.72. The van der Waals surface area contributed by atoms with Crippen molar-refractivity contribution in [3.8, 4) is 17.1 Å². The Labute approximate surface area is 177 Å². The Hall–Kier alpha value is -3.33. The molecule has 0 atom stereocenters. The van der Waals surface area contributed by atoms with Crippen molar-refractivity contribution < 1.29 is 4.42 Å². The lowest BCUT2D eigenvalue weighted by Gasteiger charge is -2.21. The second-order valence-corrected chi connectivity index (χ2v) is 8.52. The Kier molecular flexibility index (Phi) is 4.47. The zero-order valence-corrected chi connectivity index (χ0v) is 17.9. The molecule has 3 nitrogen and oxygen atoms in total. The van der Waals surface area contributed by atoms with E-state index in [-0.39, 0.29) is 0 Å². The number of hydrogen-bond acceptors (Lipinski definition) is 2. The summed E-state index contributed by atoms with van der Waals surface area (Å²) in [5.74, 6) is 1.78. The zero-order valence-electron chi connectivity index (χ0n) is 17.9. The van der Waals surface area contributed by atoms with Gasteiger partial charge in [0, 0.05) is 28.7 Å². The molecule has 0 bridgehead atoms. The number of para-hydroxylation sites is 2. The van der Waals surface area contributed by atoms with Gasteiger partial charge in [0.1, 0.15) is 17.0 Å². The SMILES string of the molecule is CC(C)c1cccc(C(C)C)c1-n1ccnc1-c1ccc2c(c1)oc1ccccc12. The molecule has 0 spiro atoms. The van der Waals surface area contributed by atoms with Crippen molar-refractivity contribution >= 4 is 21.9 Å². The molecule has 30 heavy (non-hydrogen) atoms. The van der Waals surface area contributed by atoms with Gasteiger partial charge in [-0.1, -0.05) is 70.2 Å². The standard InChI is InChI=1S/C27H26N2O/c1-17(2)20-9-7-10-21(18(3)4)26(20)29-15-14-28-27(29)19-12-13-23-22-8-5-6-11-24(22)30-25(23)16-19/h5-18H,1-4H3. The van der Waals surface area contributed by atoms with E-state index in [0.717, 1.165) is 33.3 Å². The lowest BCUT2D eigenvalue weighted by Crippen LogP contribution is -2.07. The first kappa shape index (κ1) is 18.7. The van der Waals surface area contributed by atoms with Crippen LogP contribution >= 0.6 is 0 Å². The van der Waals surface area contributed by atoms with Gasteiger partial charge in [-0.2, -0.15) is 0 Å².